The van der Waals surface area contributed by atoms with E-state index in [1.54, 1.807) is 11.3 Å². The molecule has 0 radical (unpaired) electrons. The second-order valence-corrected chi connectivity index (χ2v) is 7.54. The molecule has 1 aromatic heterocycles. The molecule has 118 valence electrons. The Balaban J connectivity index is 1.67. The standard InChI is InChI=1S/C18H24N2OS/c1-5-15(17-20-12(2)11-22-17)19-10-13-6-7-16-14(8-13)9-18(3,4)21-16/h6-8,11,15,19H,5,9-10H2,1-4H3. The Kier molecular flexibility index (Phi) is 4.24. The summed E-state index contributed by atoms with van der Waals surface area (Å²) in [5, 5.41) is 6.94. The van der Waals surface area contributed by atoms with Gasteiger partial charge in [-0.3, -0.25) is 0 Å². The van der Waals surface area contributed by atoms with Crippen LogP contribution in [0.4, 0.5) is 0 Å². The number of aryl methyl sites for hydroxylation is 1. The maximum Gasteiger partial charge on any atom is 0.123 e. The Morgan fingerprint density at radius 1 is 1.41 bits per heavy atom. The van der Waals surface area contributed by atoms with Crippen LogP contribution in [0.1, 0.15) is 55.1 Å². The van der Waals surface area contributed by atoms with E-state index in [1.165, 1.54) is 16.1 Å². The van der Waals surface area contributed by atoms with Crippen molar-refractivity contribution >= 4 is 11.3 Å². The lowest BCUT2D eigenvalue weighted by Crippen LogP contribution is -2.24. The van der Waals surface area contributed by atoms with Gasteiger partial charge in [-0.15, -0.1) is 11.3 Å². The third-order valence-electron chi connectivity index (χ3n) is 4.02. The van der Waals surface area contributed by atoms with Crippen LogP contribution in [0.2, 0.25) is 0 Å². The van der Waals surface area contributed by atoms with Gasteiger partial charge in [-0.25, -0.2) is 4.98 Å². The van der Waals surface area contributed by atoms with Crippen molar-refractivity contribution in [1.29, 1.82) is 0 Å². The molecule has 0 bridgehead atoms. The predicted molar refractivity (Wildman–Crippen MR) is 91.6 cm³/mol. The molecule has 1 unspecified atom stereocenters. The van der Waals surface area contributed by atoms with Crippen molar-refractivity contribution in [3.8, 4) is 5.75 Å². The van der Waals surface area contributed by atoms with E-state index in [0.717, 1.165) is 30.8 Å². The van der Waals surface area contributed by atoms with Gasteiger partial charge in [0.25, 0.3) is 0 Å². The lowest BCUT2D eigenvalue weighted by Gasteiger charge is -2.16. The number of nitrogens with one attached hydrogen (secondary N) is 1. The average Bonchev–Trinajstić information content (AvgIpc) is 3.00. The fourth-order valence-corrected chi connectivity index (χ4v) is 3.91. The topological polar surface area (TPSA) is 34.1 Å². The maximum absolute atomic E-state index is 5.94. The normalized spacial score (nSPS) is 17.1. The smallest absolute Gasteiger partial charge is 0.123 e. The van der Waals surface area contributed by atoms with E-state index in [2.05, 4.69) is 61.6 Å². The van der Waals surface area contributed by atoms with Gasteiger partial charge in [0.05, 0.1) is 6.04 Å². The molecule has 3 nitrogen and oxygen atoms in total. The van der Waals surface area contributed by atoms with Gasteiger partial charge < -0.3 is 10.1 Å². The molecule has 4 heteroatoms. The molecule has 3 rings (SSSR count). The van der Waals surface area contributed by atoms with Crippen LogP contribution in [0, 0.1) is 6.92 Å². The lowest BCUT2D eigenvalue weighted by molar-refractivity contribution is 0.138. The van der Waals surface area contributed by atoms with Gasteiger partial charge in [0.2, 0.25) is 0 Å². The zero-order chi connectivity index (χ0) is 15.7. The highest BCUT2D eigenvalue weighted by atomic mass is 32.1. The van der Waals surface area contributed by atoms with Crippen LogP contribution in [0.5, 0.6) is 5.75 Å². The number of nitrogens with zero attached hydrogens (tertiary/aromatic N) is 1. The van der Waals surface area contributed by atoms with Gasteiger partial charge in [0, 0.05) is 24.0 Å². The molecule has 0 spiro atoms. The Hall–Kier alpha value is -1.39. The fraction of sp³-hybridized carbons (Fsp3) is 0.500. The van der Waals surface area contributed by atoms with Crippen LogP contribution in [-0.2, 0) is 13.0 Å². The van der Waals surface area contributed by atoms with Crippen LogP contribution in [0.25, 0.3) is 0 Å². The summed E-state index contributed by atoms with van der Waals surface area (Å²) in [4.78, 5) is 4.61. The maximum atomic E-state index is 5.94. The molecular formula is C18H24N2OS. The van der Waals surface area contributed by atoms with Crippen molar-refractivity contribution in [2.75, 3.05) is 0 Å². The molecule has 1 aromatic carbocycles. The van der Waals surface area contributed by atoms with Crippen molar-refractivity contribution in [3.63, 3.8) is 0 Å². The molecule has 2 heterocycles. The highest BCUT2D eigenvalue weighted by molar-refractivity contribution is 7.09. The summed E-state index contributed by atoms with van der Waals surface area (Å²) in [6.07, 6.45) is 2.03. The average molecular weight is 316 g/mol. The second kappa shape index (κ2) is 6.01. The number of aromatic nitrogens is 1. The number of thiazole rings is 1. The van der Waals surface area contributed by atoms with E-state index in [0.29, 0.717) is 6.04 Å². The number of benzene rings is 1. The van der Waals surface area contributed by atoms with Gasteiger partial charge in [-0.1, -0.05) is 19.1 Å². The molecule has 0 amide bonds. The van der Waals surface area contributed by atoms with Gasteiger partial charge >= 0.3 is 0 Å². The van der Waals surface area contributed by atoms with Crippen LogP contribution in [-0.4, -0.2) is 10.6 Å². The van der Waals surface area contributed by atoms with Crippen molar-refractivity contribution in [2.45, 2.75) is 58.7 Å². The first-order valence-corrected chi connectivity index (χ1v) is 8.81. The third kappa shape index (κ3) is 3.33. The summed E-state index contributed by atoms with van der Waals surface area (Å²) in [5.41, 5.74) is 3.67. The quantitative estimate of drug-likeness (QED) is 0.887. The molecule has 0 fully saturated rings. The zero-order valence-electron chi connectivity index (χ0n) is 13.8. The first-order chi connectivity index (χ1) is 10.5. The molecule has 1 aliphatic heterocycles. The van der Waals surface area contributed by atoms with Crippen molar-refractivity contribution in [1.82, 2.24) is 10.3 Å². The number of hydrogen-bond donors (Lipinski definition) is 1. The lowest BCUT2D eigenvalue weighted by atomic mass is 10.00. The SMILES string of the molecule is CCC(NCc1ccc2c(c1)CC(C)(C)O2)c1nc(C)cs1. The van der Waals surface area contributed by atoms with Gasteiger partial charge in [-0.05, 0) is 44.4 Å². The summed E-state index contributed by atoms with van der Waals surface area (Å²) in [7, 11) is 0. The van der Waals surface area contributed by atoms with Gasteiger partial charge in [0.15, 0.2) is 0 Å². The van der Waals surface area contributed by atoms with Crippen LogP contribution < -0.4 is 10.1 Å². The van der Waals surface area contributed by atoms with E-state index in [-0.39, 0.29) is 5.60 Å². The van der Waals surface area contributed by atoms with Crippen LogP contribution in [0.15, 0.2) is 23.6 Å². The summed E-state index contributed by atoms with van der Waals surface area (Å²) < 4.78 is 5.94. The molecule has 22 heavy (non-hydrogen) atoms. The second-order valence-electron chi connectivity index (χ2n) is 6.65. The van der Waals surface area contributed by atoms with E-state index in [4.69, 9.17) is 4.74 Å². The fourth-order valence-electron chi connectivity index (χ4n) is 2.95. The Morgan fingerprint density at radius 3 is 2.91 bits per heavy atom. The van der Waals surface area contributed by atoms with E-state index < -0.39 is 0 Å². The van der Waals surface area contributed by atoms with Crippen LogP contribution in [0.3, 0.4) is 0 Å². The van der Waals surface area contributed by atoms with Crippen molar-refractivity contribution < 1.29 is 4.74 Å². The Labute approximate surface area is 136 Å². The summed E-state index contributed by atoms with van der Waals surface area (Å²) >= 11 is 1.74. The van der Waals surface area contributed by atoms with Gasteiger partial charge in [0.1, 0.15) is 16.4 Å². The van der Waals surface area contributed by atoms with Gasteiger partial charge in [-0.2, -0.15) is 0 Å². The minimum atomic E-state index is -0.0707. The molecule has 0 saturated carbocycles. The minimum Gasteiger partial charge on any atom is -0.487 e. The largest absolute Gasteiger partial charge is 0.487 e. The van der Waals surface area contributed by atoms with Crippen LogP contribution >= 0.6 is 11.3 Å². The molecule has 0 saturated heterocycles. The molecule has 2 aromatic rings. The first-order valence-electron chi connectivity index (χ1n) is 7.93. The Bertz CT molecular complexity index is 663. The predicted octanol–water partition coefficient (Wildman–Crippen LogP) is 4.41. The number of rotatable bonds is 5. The highest BCUT2D eigenvalue weighted by Gasteiger charge is 2.29. The summed E-state index contributed by atoms with van der Waals surface area (Å²) in [5.74, 6) is 1.04. The van der Waals surface area contributed by atoms with E-state index in [9.17, 15) is 0 Å². The minimum absolute atomic E-state index is 0.0707. The molecule has 1 atom stereocenters. The first kappa shape index (κ1) is 15.5. The van der Waals surface area contributed by atoms with Crippen molar-refractivity contribution in [3.05, 3.63) is 45.4 Å². The zero-order valence-corrected chi connectivity index (χ0v) is 14.6. The number of hydrogen-bond acceptors (Lipinski definition) is 4. The number of fused-ring (bicyclic) bond motifs is 1. The summed E-state index contributed by atoms with van der Waals surface area (Å²) in [6, 6.07) is 6.87. The Morgan fingerprint density at radius 2 is 2.23 bits per heavy atom. The molecule has 1 aliphatic rings. The number of ether oxygens (including phenoxy) is 1. The third-order valence-corrected chi connectivity index (χ3v) is 5.10. The molecule has 0 aliphatic carbocycles. The van der Waals surface area contributed by atoms with E-state index >= 15 is 0 Å². The van der Waals surface area contributed by atoms with E-state index in [1.807, 2.05) is 0 Å². The highest BCUT2D eigenvalue weighted by Crippen LogP contribution is 2.35. The molecule has 1 N–H and O–H groups in total. The summed E-state index contributed by atoms with van der Waals surface area (Å²) in [6.45, 7) is 9.40. The molecular weight excluding hydrogens is 292 g/mol. The monoisotopic (exact) mass is 316 g/mol. The van der Waals surface area contributed by atoms with Crippen molar-refractivity contribution in [2.24, 2.45) is 0 Å².